The van der Waals surface area contributed by atoms with Crippen molar-refractivity contribution in [2.75, 3.05) is 6.54 Å². The fourth-order valence-electron chi connectivity index (χ4n) is 2.44. The lowest BCUT2D eigenvalue weighted by atomic mass is 10.1. The second kappa shape index (κ2) is 5.87. The molecule has 0 amide bonds. The summed E-state index contributed by atoms with van der Waals surface area (Å²) in [5.41, 5.74) is 5.82. The van der Waals surface area contributed by atoms with Gasteiger partial charge in [-0.3, -0.25) is 0 Å². The lowest BCUT2D eigenvalue weighted by molar-refractivity contribution is 0.366. The highest BCUT2D eigenvalue weighted by Crippen LogP contribution is 2.31. The van der Waals surface area contributed by atoms with E-state index in [4.69, 9.17) is 10.2 Å². The van der Waals surface area contributed by atoms with E-state index in [1.54, 1.807) is 0 Å². The van der Waals surface area contributed by atoms with Gasteiger partial charge in [-0.2, -0.15) is 0 Å². The van der Waals surface area contributed by atoms with E-state index >= 15 is 0 Å². The molecular formula is C12H18Br2N2O. The number of nitrogens with one attached hydrogen (secondary N) is 1. The Morgan fingerprint density at radius 2 is 2.29 bits per heavy atom. The normalized spacial score (nSPS) is 26.4. The zero-order valence-electron chi connectivity index (χ0n) is 9.88. The van der Waals surface area contributed by atoms with Crippen LogP contribution in [0.5, 0.6) is 0 Å². The summed E-state index contributed by atoms with van der Waals surface area (Å²) >= 11 is 6.78. The molecule has 3 atom stereocenters. The molecule has 1 saturated carbocycles. The molecule has 1 aliphatic carbocycles. The van der Waals surface area contributed by atoms with Gasteiger partial charge in [-0.25, -0.2) is 0 Å². The quantitative estimate of drug-likeness (QED) is 0.857. The van der Waals surface area contributed by atoms with Crippen molar-refractivity contribution >= 4 is 31.9 Å². The largest absolute Gasteiger partial charge is 0.451 e. The lowest BCUT2D eigenvalue weighted by Gasteiger charge is -2.19. The molecule has 0 saturated heterocycles. The molecule has 0 spiro atoms. The minimum absolute atomic E-state index is 0.105. The highest BCUT2D eigenvalue weighted by atomic mass is 79.9. The van der Waals surface area contributed by atoms with Crippen molar-refractivity contribution in [1.82, 2.24) is 5.32 Å². The van der Waals surface area contributed by atoms with Crippen molar-refractivity contribution in [1.29, 1.82) is 0 Å². The molecule has 1 aromatic rings. The van der Waals surface area contributed by atoms with Crippen LogP contribution in [0.15, 0.2) is 19.6 Å². The Morgan fingerprint density at radius 3 is 2.76 bits per heavy atom. The molecule has 5 heteroatoms. The maximum absolute atomic E-state index is 5.82. The van der Waals surface area contributed by atoms with E-state index in [1.165, 1.54) is 19.3 Å². The number of furan rings is 1. The fourth-order valence-corrected chi connectivity index (χ4v) is 3.05. The summed E-state index contributed by atoms with van der Waals surface area (Å²) in [7, 11) is 0. The molecule has 1 heterocycles. The van der Waals surface area contributed by atoms with Gasteiger partial charge in [0.25, 0.3) is 0 Å². The summed E-state index contributed by atoms with van der Waals surface area (Å²) in [6.07, 6.45) is 3.78. The molecule has 3 unspecified atom stereocenters. The van der Waals surface area contributed by atoms with E-state index in [0.717, 1.165) is 20.8 Å². The van der Waals surface area contributed by atoms with Crippen molar-refractivity contribution in [3.8, 4) is 0 Å². The lowest BCUT2D eigenvalue weighted by Crippen LogP contribution is -2.35. The summed E-state index contributed by atoms with van der Waals surface area (Å²) in [5, 5.41) is 3.59. The monoisotopic (exact) mass is 364 g/mol. The number of halogens is 2. The Hall–Kier alpha value is 0.160. The first-order valence-electron chi connectivity index (χ1n) is 6.01. The minimum atomic E-state index is 0.105. The van der Waals surface area contributed by atoms with Crippen LogP contribution in [0.2, 0.25) is 0 Å². The van der Waals surface area contributed by atoms with Crippen molar-refractivity contribution in [2.24, 2.45) is 11.7 Å². The van der Waals surface area contributed by atoms with Crippen LogP contribution >= 0.6 is 31.9 Å². The van der Waals surface area contributed by atoms with Gasteiger partial charge in [0.2, 0.25) is 0 Å². The summed E-state index contributed by atoms with van der Waals surface area (Å²) in [6, 6.07) is 2.65. The van der Waals surface area contributed by atoms with E-state index in [0.29, 0.717) is 12.6 Å². The maximum atomic E-state index is 5.82. The van der Waals surface area contributed by atoms with Gasteiger partial charge in [0.05, 0.1) is 10.5 Å². The molecule has 96 valence electrons. The third-order valence-corrected chi connectivity index (χ3v) is 5.09. The van der Waals surface area contributed by atoms with Crippen LogP contribution in [0.1, 0.15) is 38.0 Å². The average molecular weight is 366 g/mol. The zero-order chi connectivity index (χ0) is 12.4. The third kappa shape index (κ3) is 3.34. The molecule has 0 aliphatic heterocycles. The van der Waals surface area contributed by atoms with E-state index in [-0.39, 0.29) is 6.04 Å². The minimum Gasteiger partial charge on any atom is -0.451 e. The van der Waals surface area contributed by atoms with Gasteiger partial charge in [-0.1, -0.05) is 6.92 Å². The smallest absolute Gasteiger partial charge is 0.183 e. The first kappa shape index (κ1) is 13.6. The molecule has 0 aromatic carbocycles. The molecule has 1 aromatic heterocycles. The van der Waals surface area contributed by atoms with Crippen molar-refractivity contribution in [3.05, 3.63) is 21.0 Å². The molecule has 3 N–H and O–H groups in total. The first-order valence-corrected chi connectivity index (χ1v) is 7.59. The highest BCUT2D eigenvalue weighted by molar-refractivity contribution is 9.13. The van der Waals surface area contributed by atoms with Crippen LogP contribution in [-0.2, 0) is 0 Å². The van der Waals surface area contributed by atoms with Crippen molar-refractivity contribution in [3.63, 3.8) is 0 Å². The van der Waals surface area contributed by atoms with Crippen molar-refractivity contribution in [2.45, 2.75) is 38.3 Å². The molecular weight excluding hydrogens is 348 g/mol. The zero-order valence-corrected chi connectivity index (χ0v) is 13.1. The SMILES string of the molecule is CC1CCC(NC(CN)c2cc(Br)c(Br)o2)C1. The predicted octanol–water partition coefficient (Wildman–Crippen LogP) is 3.58. The summed E-state index contributed by atoms with van der Waals surface area (Å²) in [5.74, 6) is 1.71. The predicted molar refractivity (Wildman–Crippen MR) is 75.8 cm³/mol. The van der Waals surface area contributed by atoms with Gasteiger partial charge in [-0.15, -0.1) is 0 Å². The standard InChI is InChI=1S/C12H18Br2N2O/c1-7-2-3-8(4-7)16-10(6-15)11-5-9(13)12(14)17-11/h5,7-8,10,16H,2-4,6,15H2,1H3. The molecule has 0 radical (unpaired) electrons. The second-order valence-corrected chi connectivity index (χ2v) is 6.42. The van der Waals surface area contributed by atoms with Crippen LogP contribution in [-0.4, -0.2) is 12.6 Å². The van der Waals surface area contributed by atoms with Crippen LogP contribution in [0.25, 0.3) is 0 Å². The first-order chi connectivity index (χ1) is 8.10. The molecule has 3 nitrogen and oxygen atoms in total. The molecule has 17 heavy (non-hydrogen) atoms. The Labute approximate surface area is 119 Å². The van der Waals surface area contributed by atoms with Gasteiger partial charge < -0.3 is 15.5 Å². The van der Waals surface area contributed by atoms with E-state index in [1.807, 2.05) is 6.07 Å². The number of hydrogen-bond acceptors (Lipinski definition) is 3. The van der Waals surface area contributed by atoms with Crippen LogP contribution in [0.4, 0.5) is 0 Å². The molecule has 1 aliphatic rings. The third-order valence-electron chi connectivity index (χ3n) is 3.38. The Balaban J connectivity index is 2.01. The van der Waals surface area contributed by atoms with E-state index in [9.17, 15) is 0 Å². The van der Waals surface area contributed by atoms with Gasteiger partial charge in [0.1, 0.15) is 5.76 Å². The number of nitrogens with two attached hydrogens (primary N) is 1. The maximum Gasteiger partial charge on any atom is 0.183 e. The number of hydrogen-bond donors (Lipinski definition) is 2. The molecule has 1 fully saturated rings. The van der Waals surface area contributed by atoms with Crippen LogP contribution in [0.3, 0.4) is 0 Å². The Bertz CT molecular complexity index is 361. The van der Waals surface area contributed by atoms with Crippen molar-refractivity contribution < 1.29 is 4.42 Å². The number of rotatable bonds is 4. The molecule has 0 bridgehead atoms. The van der Waals surface area contributed by atoms with E-state index < -0.39 is 0 Å². The summed E-state index contributed by atoms with van der Waals surface area (Å²) < 4.78 is 7.30. The van der Waals surface area contributed by atoms with Gasteiger partial charge in [0.15, 0.2) is 4.67 Å². The summed E-state index contributed by atoms with van der Waals surface area (Å²) in [6.45, 7) is 2.86. The Morgan fingerprint density at radius 1 is 1.53 bits per heavy atom. The van der Waals surface area contributed by atoms with Crippen LogP contribution < -0.4 is 11.1 Å². The van der Waals surface area contributed by atoms with Crippen LogP contribution in [0, 0.1) is 5.92 Å². The molecule has 2 rings (SSSR count). The van der Waals surface area contributed by atoms with Gasteiger partial charge in [-0.05, 0) is 63.1 Å². The van der Waals surface area contributed by atoms with Gasteiger partial charge in [0, 0.05) is 12.6 Å². The average Bonchev–Trinajstić information content (AvgIpc) is 2.83. The summed E-state index contributed by atoms with van der Waals surface area (Å²) in [4.78, 5) is 0. The fraction of sp³-hybridized carbons (Fsp3) is 0.667. The topological polar surface area (TPSA) is 51.2 Å². The second-order valence-electron chi connectivity index (χ2n) is 4.84. The Kier molecular flexibility index (Phi) is 4.69. The van der Waals surface area contributed by atoms with E-state index in [2.05, 4.69) is 44.1 Å². The highest BCUT2D eigenvalue weighted by Gasteiger charge is 2.25. The van der Waals surface area contributed by atoms with Gasteiger partial charge >= 0.3 is 0 Å².